The summed E-state index contributed by atoms with van der Waals surface area (Å²) in [6.07, 6.45) is 1.72. The summed E-state index contributed by atoms with van der Waals surface area (Å²) in [5.74, 6) is 1.41. The molecule has 0 N–H and O–H groups in total. The number of nitrogens with zero attached hydrogens (tertiary/aromatic N) is 5. The molecule has 5 rings (SSSR count). The van der Waals surface area contributed by atoms with Gasteiger partial charge >= 0.3 is 0 Å². The number of hydrogen-bond acceptors (Lipinski definition) is 7. The van der Waals surface area contributed by atoms with Gasteiger partial charge in [0.25, 0.3) is 0 Å². The van der Waals surface area contributed by atoms with Gasteiger partial charge in [0.2, 0.25) is 17.7 Å². The number of rotatable bonds is 6. The molecule has 158 valence electrons. The van der Waals surface area contributed by atoms with Crippen molar-refractivity contribution >= 4 is 0 Å². The van der Waals surface area contributed by atoms with E-state index in [9.17, 15) is 4.39 Å². The van der Waals surface area contributed by atoms with E-state index in [4.69, 9.17) is 8.83 Å². The first-order chi connectivity index (χ1) is 15.2. The van der Waals surface area contributed by atoms with Crippen LogP contribution >= 0.6 is 0 Å². The minimum absolute atomic E-state index is 0.289. The molecular weight excluding hydrogens is 397 g/mol. The van der Waals surface area contributed by atoms with Crippen molar-refractivity contribution in [1.82, 2.24) is 25.0 Å². The first-order valence-electron chi connectivity index (χ1n) is 10.3. The summed E-state index contributed by atoms with van der Waals surface area (Å²) < 4.78 is 24.5. The summed E-state index contributed by atoms with van der Waals surface area (Å²) in [6.45, 7) is 4.88. The number of hydrogen-bond donors (Lipinski definition) is 0. The van der Waals surface area contributed by atoms with E-state index in [1.54, 1.807) is 18.4 Å². The van der Waals surface area contributed by atoms with Crippen LogP contribution in [-0.4, -0.2) is 51.2 Å². The van der Waals surface area contributed by atoms with E-state index < -0.39 is 0 Å². The van der Waals surface area contributed by atoms with Crippen LogP contribution in [0.2, 0.25) is 0 Å². The maximum atomic E-state index is 13.1. The second-order valence-corrected chi connectivity index (χ2v) is 7.55. The first-order valence-corrected chi connectivity index (χ1v) is 10.3. The Kier molecular flexibility index (Phi) is 5.56. The quantitative estimate of drug-likeness (QED) is 0.470. The van der Waals surface area contributed by atoms with Gasteiger partial charge in [0, 0.05) is 37.3 Å². The Bertz CT molecular complexity index is 1120. The van der Waals surface area contributed by atoms with Crippen molar-refractivity contribution in [2.24, 2.45) is 0 Å². The van der Waals surface area contributed by atoms with Gasteiger partial charge in [0.15, 0.2) is 0 Å². The summed E-state index contributed by atoms with van der Waals surface area (Å²) >= 11 is 0. The van der Waals surface area contributed by atoms with Crippen LogP contribution in [0.3, 0.4) is 0 Å². The molecule has 0 aliphatic carbocycles. The summed E-state index contributed by atoms with van der Waals surface area (Å²) in [7, 11) is 0. The summed E-state index contributed by atoms with van der Waals surface area (Å²) in [4.78, 5) is 9.23. The number of aromatic nitrogens is 3. The molecule has 2 aromatic carbocycles. The fourth-order valence-electron chi connectivity index (χ4n) is 3.64. The molecule has 0 amide bonds. The van der Waals surface area contributed by atoms with Crippen molar-refractivity contribution in [3.05, 3.63) is 78.5 Å². The zero-order valence-electron chi connectivity index (χ0n) is 16.9. The highest BCUT2D eigenvalue weighted by Gasteiger charge is 2.21. The topological polar surface area (TPSA) is 71.4 Å². The Morgan fingerprint density at radius 2 is 1.45 bits per heavy atom. The molecule has 1 aliphatic rings. The number of benzene rings is 2. The Labute approximate surface area is 179 Å². The van der Waals surface area contributed by atoms with Gasteiger partial charge in [-0.3, -0.25) is 9.80 Å². The van der Waals surface area contributed by atoms with Crippen LogP contribution < -0.4 is 0 Å². The minimum atomic E-state index is -0.289. The maximum absolute atomic E-state index is 13.1. The van der Waals surface area contributed by atoms with E-state index in [-0.39, 0.29) is 5.82 Å². The number of oxazole rings is 1. The normalized spacial score (nSPS) is 15.4. The van der Waals surface area contributed by atoms with Crippen LogP contribution in [0, 0.1) is 5.82 Å². The van der Waals surface area contributed by atoms with Gasteiger partial charge in [0.1, 0.15) is 17.8 Å². The molecule has 0 bridgehead atoms. The Balaban J connectivity index is 1.13. The van der Waals surface area contributed by atoms with Gasteiger partial charge in [-0.05, 0) is 24.3 Å². The van der Waals surface area contributed by atoms with Gasteiger partial charge in [-0.1, -0.05) is 30.3 Å². The van der Waals surface area contributed by atoms with Crippen molar-refractivity contribution in [3.8, 4) is 22.7 Å². The molecule has 1 aliphatic heterocycles. The van der Waals surface area contributed by atoms with Crippen molar-refractivity contribution in [2.45, 2.75) is 13.1 Å². The fraction of sp³-hybridized carbons (Fsp3) is 0.261. The standard InChI is InChI=1S/C23H22FN5O2/c24-19-8-6-18(7-9-19)23-27-26-22(31-23)15-29-12-10-28(11-13-29)14-21-25-20(16-30-21)17-4-2-1-3-5-17/h1-9,16H,10-15H2. The van der Waals surface area contributed by atoms with Gasteiger partial charge in [-0.2, -0.15) is 0 Å². The van der Waals surface area contributed by atoms with Crippen LogP contribution in [0.4, 0.5) is 4.39 Å². The average Bonchev–Trinajstić information content (AvgIpc) is 3.46. The van der Waals surface area contributed by atoms with Crippen LogP contribution in [0.1, 0.15) is 11.8 Å². The zero-order chi connectivity index (χ0) is 21.0. The second-order valence-electron chi connectivity index (χ2n) is 7.55. The molecule has 1 fully saturated rings. The van der Waals surface area contributed by atoms with Crippen LogP contribution in [-0.2, 0) is 13.1 Å². The minimum Gasteiger partial charge on any atom is -0.447 e. The van der Waals surface area contributed by atoms with Crippen molar-refractivity contribution < 1.29 is 13.2 Å². The highest BCUT2D eigenvalue weighted by Crippen LogP contribution is 2.21. The van der Waals surface area contributed by atoms with Crippen LogP contribution in [0.25, 0.3) is 22.7 Å². The molecule has 0 saturated carbocycles. The van der Waals surface area contributed by atoms with Crippen molar-refractivity contribution in [2.75, 3.05) is 26.2 Å². The molecule has 7 nitrogen and oxygen atoms in total. The molecular formula is C23H22FN5O2. The lowest BCUT2D eigenvalue weighted by molar-refractivity contribution is 0.108. The van der Waals surface area contributed by atoms with Gasteiger partial charge in [-0.25, -0.2) is 9.37 Å². The van der Waals surface area contributed by atoms with Gasteiger partial charge < -0.3 is 8.83 Å². The number of piperazine rings is 1. The molecule has 4 aromatic rings. The molecule has 31 heavy (non-hydrogen) atoms. The fourth-order valence-corrected chi connectivity index (χ4v) is 3.64. The van der Waals surface area contributed by atoms with Crippen LogP contribution in [0.5, 0.6) is 0 Å². The lowest BCUT2D eigenvalue weighted by Gasteiger charge is -2.33. The molecule has 3 heterocycles. The van der Waals surface area contributed by atoms with Crippen molar-refractivity contribution in [3.63, 3.8) is 0 Å². The Morgan fingerprint density at radius 3 is 2.16 bits per heavy atom. The Morgan fingerprint density at radius 1 is 0.774 bits per heavy atom. The monoisotopic (exact) mass is 419 g/mol. The third-order valence-electron chi connectivity index (χ3n) is 5.36. The highest BCUT2D eigenvalue weighted by molar-refractivity contribution is 5.57. The predicted molar refractivity (Wildman–Crippen MR) is 112 cm³/mol. The molecule has 0 atom stereocenters. The smallest absolute Gasteiger partial charge is 0.247 e. The third-order valence-corrected chi connectivity index (χ3v) is 5.36. The molecule has 8 heteroatoms. The first kappa shape index (κ1) is 19.6. The maximum Gasteiger partial charge on any atom is 0.247 e. The lowest BCUT2D eigenvalue weighted by Crippen LogP contribution is -2.45. The largest absolute Gasteiger partial charge is 0.447 e. The van der Waals surface area contributed by atoms with E-state index in [0.29, 0.717) is 30.4 Å². The van der Waals surface area contributed by atoms with E-state index in [1.165, 1.54) is 12.1 Å². The van der Waals surface area contributed by atoms with E-state index in [1.807, 2.05) is 30.3 Å². The number of halogens is 1. The SMILES string of the molecule is Fc1ccc(-c2nnc(CN3CCN(Cc4nc(-c5ccccc5)co4)CC3)o2)cc1. The van der Waals surface area contributed by atoms with Crippen molar-refractivity contribution in [1.29, 1.82) is 0 Å². The van der Waals surface area contributed by atoms with E-state index in [0.717, 1.165) is 43.3 Å². The molecule has 0 unspecified atom stereocenters. The summed E-state index contributed by atoms with van der Waals surface area (Å²) in [5.41, 5.74) is 2.63. The highest BCUT2D eigenvalue weighted by atomic mass is 19.1. The van der Waals surface area contributed by atoms with Gasteiger partial charge in [0.05, 0.1) is 13.1 Å². The predicted octanol–water partition coefficient (Wildman–Crippen LogP) is 3.85. The molecule has 0 spiro atoms. The summed E-state index contributed by atoms with van der Waals surface area (Å²) in [5, 5.41) is 8.22. The summed E-state index contributed by atoms with van der Waals surface area (Å²) in [6, 6.07) is 16.1. The van der Waals surface area contributed by atoms with Crippen LogP contribution in [0.15, 0.2) is 69.7 Å². The third kappa shape index (κ3) is 4.70. The van der Waals surface area contributed by atoms with Gasteiger partial charge in [-0.15, -0.1) is 10.2 Å². The molecule has 0 radical (unpaired) electrons. The van der Waals surface area contributed by atoms with E-state index >= 15 is 0 Å². The zero-order valence-corrected chi connectivity index (χ0v) is 16.9. The Hall–Kier alpha value is -3.36. The second kappa shape index (κ2) is 8.79. The molecule has 1 saturated heterocycles. The lowest BCUT2D eigenvalue weighted by atomic mass is 10.2. The van der Waals surface area contributed by atoms with E-state index in [2.05, 4.69) is 25.0 Å². The average molecular weight is 419 g/mol. The molecule has 2 aromatic heterocycles.